The summed E-state index contributed by atoms with van der Waals surface area (Å²) in [6, 6.07) is 5.97. The molecule has 8 heteroatoms. The lowest BCUT2D eigenvalue weighted by Gasteiger charge is -2.39. The molecule has 0 aromatic heterocycles. The van der Waals surface area contributed by atoms with Gasteiger partial charge in [-0.3, -0.25) is 0 Å². The molecule has 2 rings (SSSR count). The van der Waals surface area contributed by atoms with Crippen molar-refractivity contribution in [1.82, 2.24) is 0 Å². The molecule has 1 fully saturated rings. The highest BCUT2D eigenvalue weighted by molar-refractivity contribution is 5.87. The van der Waals surface area contributed by atoms with E-state index in [-0.39, 0.29) is 5.75 Å². The zero-order valence-corrected chi connectivity index (χ0v) is 12.6. The maximum atomic E-state index is 11.8. The zero-order valence-electron chi connectivity index (χ0n) is 12.6. The molecule has 5 N–H and O–H groups in total. The number of aliphatic hydroxyl groups is 3. The summed E-state index contributed by atoms with van der Waals surface area (Å²) < 4.78 is 4.96. The number of phenols is 1. The average Bonchev–Trinajstić information content (AvgIpc) is 2.51. The van der Waals surface area contributed by atoms with Gasteiger partial charge in [0.2, 0.25) is 0 Å². The predicted molar refractivity (Wildman–Crippen MR) is 80.9 cm³/mol. The lowest BCUT2D eigenvalue weighted by atomic mass is 9.79. The first-order valence-corrected chi connectivity index (χ1v) is 7.21. The lowest BCUT2D eigenvalue weighted by Crippen LogP contribution is -2.57. The van der Waals surface area contributed by atoms with Gasteiger partial charge in [-0.05, 0) is 23.8 Å². The van der Waals surface area contributed by atoms with Gasteiger partial charge in [0.25, 0.3) is 0 Å². The summed E-state index contributed by atoms with van der Waals surface area (Å²) in [7, 11) is 0. The van der Waals surface area contributed by atoms with Crippen molar-refractivity contribution in [2.75, 3.05) is 0 Å². The minimum atomic E-state index is -2.27. The van der Waals surface area contributed by atoms with Crippen molar-refractivity contribution in [1.29, 1.82) is 0 Å². The number of carboxylic acid groups (broad SMARTS) is 1. The maximum absolute atomic E-state index is 11.8. The first kappa shape index (κ1) is 17.9. The van der Waals surface area contributed by atoms with Crippen molar-refractivity contribution in [3.8, 4) is 5.75 Å². The summed E-state index contributed by atoms with van der Waals surface area (Å²) >= 11 is 0. The van der Waals surface area contributed by atoms with Crippen molar-refractivity contribution in [2.45, 2.75) is 36.8 Å². The Hall–Kier alpha value is -2.42. The van der Waals surface area contributed by atoms with Gasteiger partial charge < -0.3 is 30.3 Å². The summed E-state index contributed by atoms with van der Waals surface area (Å²) in [5, 5.41) is 47.6. The van der Waals surface area contributed by atoms with Crippen LogP contribution in [-0.4, -0.2) is 61.4 Å². The van der Waals surface area contributed by atoms with E-state index in [1.54, 1.807) is 12.1 Å². The molecule has 130 valence electrons. The van der Waals surface area contributed by atoms with Crippen LogP contribution in [-0.2, 0) is 14.3 Å². The molecular weight excluding hydrogens is 320 g/mol. The smallest absolute Gasteiger partial charge is 0.335 e. The highest BCUT2D eigenvalue weighted by atomic mass is 16.6. The Bertz CT molecular complexity index is 638. The highest BCUT2D eigenvalue weighted by Crippen LogP contribution is 2.31. The number of aromatic hydroxyl groups is 1. The van der Waals surface area contributed by atoms with Crippen molar-refractivity contribution in [3.63, 3.8) is 0 Å². The van der Waals surface area contributed by atoms with E-state index >= 15 is 0 Å². The topological polar surface area (TPSA) is 145 Å². The molecule has 0 aliphatic heterocycles. The molecule has 1 aliphatic carbocycles. The molecule has 8 nitrogen and oxygen atoms in total. The number of hydrogen-bond donors (Lipinski definition) is 5. The molecule has 1 saturated carbocycles. The van der Waals surface area contributed by atoms with Crippen molar-refractivity contribution < 1.29 is 39.9 Å². The third kappa shape index (κ3) is 4.10. The average molecular weight is 338 g/mol. The molecule has 0 amide bonds. The predicted octanol–water partition coefficient (Wildman–Crippen LogP) is -0.352. The summed E-state index contributed by atoms with van der Waals surface area (Å²) in [6.07, 6.45) is -3.00. The van der Waals surface area contributed by atoms with Crippen LogP contribution in [0.3, 0.4) is 0 Å². The summed E-state index contributed by atoms with van der Waals surface area (Å²) in [4.78, 5) is 22.9. The standard InChI is InChI=1S/C16H18O8/c17-10-4-1-9(2-5-10)3-6-13(19)24-12-8-16(23,15(21)22)7-11(18)14(12)20/h1-6,11-12,14,17-18,20,23H,7-8H2,(H,21,22)/b6-3+/t11?,12?,14-,16-/m1/s1. The Balaban J connectivity index is 2.03. The molecular formula is C16H18O8. The second-order valence-electron chi connectivity index (χ2n) is 5.70. The van der Waals surface area contributed by atoms with E-state index in [4.69, 9.17) is 14.9 Å². The van der Waals surface area contributed by atoms with Crippen molar-refractivity contribution in [2.24, 2.45) is 0 Å². The van der Waals surface area contributed by atoms with Crippen LogP contribution in [0.5, 0.6) is 5.75 Å². The van der Waals surface area contributed by atoms with Crippen LogP contribution >= 0.6 is 0 Å². The second kappa shape index (κ2) is 7.00. The SMILES string of the molecule is O=C(/C=C/c1ccc(O)cc1)OC1C[C@@](O)(C(=O)O)CC(O)[C@H]1O. The van der Waals surface area contributed by atoms with Crippen LogP contribution < -0.4 is 0 Å². The number of rotatable bonds is 4. The van der Waals surface area contributed by atoms with E-state index in [9.17, 15) is 24.9 Å². The van der Waals surface area contributed by atoms with Gasteiger partial charge in [-0.15, -0.1) is 0 Å². The van der Waals surface area contributed by atoms with Crippen LogP contribution in [0.1, 0.15) is 18.4 Å². The Morgan fingerprint density at radius 1 is 1.17 bits per heavy atom. The molecule has 0 heterocycles. The highest BCUT2D eigenvalue weighted by Gasteiger charge is 2.50. The Morgan fingerprint density at radius 2 is 1.79 bits per heavy atom. The van der Waals surface area contributed by atoms with Gasteiger partial charge in [-0.2, -0.15) is 0 Å². The largest absolute Gasteiger partial charge is 0.508 e. The molecule has 1 aromatic rings. The molecule has 0 radical (unpaired) electrons. The molecule has 1 aliphatic rings. The molecule has 0 saturated heterocycles. The third-order valence-corrected chi connectivity index (χ3v) is 3.83. The minimum absolute atomic E-state index is 0.0713. The Labute approximate surface area is 137 Å². The van der Waals surface area contributed by atoms with Gasteiger partial charge in [0.15, 0.2) is 5.60 Å². The van der Waals surface area contributed by atoms with Gasteiger partial charge in [0.05, 0.1) is 6.10 Å². The molecule has 0 bridgehead atoms. The number of phenolic OH excluding ortho intramolecular Hbond substituents is 1. The minimum Gasteiger partial charge on any atom is -0.508 e. The molecule has 0 spiro atoms. The summed E-state index contributed by atoms with van der Waals surface area (Å²) in [5.41, 5.74) is -1.67. The van der Waals surface area contributed by atoms with Crippen molar-refractivity contribution in [3.05, 3.63) is 35.9 Å². The van der Waals surface area contributed by atoms with Crippen LogP contribution in [0.2, 0.25) is 0 Å². The fraction of sp³-hybridized carbons (Fsp3) is 0.375. The number of ether oxygens (including phenoxy) is 1. The fourth-order valence-corrected chi connectivity index (χ4v) is 2.48. The molecule has 2 unspecified atom stereocenters. The lowest BCUT2D eigenvalue weighted by molar-refractivity contribution is -0.196. The third-order valence-electron chi connectivity index (χ3n) is 3.83. The number of benzene rings is 1. The van der Waals surface area contributed by atoms with Crippen LogP contribution in [0.15, 0.2) is 30.3 Å². The molecule has 4 atom stereocenters. The second-order valence-corrected chi connectivity index (χ2v) is 5.70. The quantitative estimate of drug-likeness (QED) is 0.370. The number of aliphatic carboxylic acids is 1. The first-order valence-electron chi connectivity index (χ1n) is 7.21. The zero-order chi connectivity index (χ0) is 17.9. The summed E-state index contributed by atoms with van der Waals surface area (Å²) in [5.74, 6) is -2.36. The fourth-order valence-electron chi connectivity index (χ4n) is 2.48. The normalized spacial score (nSPS) is 30.2. The van der Waals surface area contributed by atoms with Crippen LogP contribution in [0.25, 0.3) is 6.08 Å². The van der Waals surface area contributed by atoms with Gasteiger partial charge >= 0.3 is 11.9 Å². The maximum Gasteiger partial charge on any atom is 0.335 e. The van der Waals surface area contributed by atoms with Crippen LogP contribution in [0.4, 0.5) is 0 Å². The van der Waals surface area contributed by atoms with E-state index in [1.807, 2.05) is 0 Å². The number of carbonyl (C=O) groups is 2. The van der Waals surface area contributed by atoms with Gasteiger partial charge in [0.1, 0.15) is 18.0 Å². The summed E-state index contributed by atoms with van der Waals surface area (Å²) in [6.45, 7) is 0. The number of carboxylic acids is 1. The van der Waals surface area contributed by atoms with Gasteiger partial charge in [-0.1, -0.05) is 12.1 Å². The van der Waals surface area contributed by atoms with Gasteiger partial charge in [0, 0.05) is 18.9 Å². The van der Waals surface area contributed by atoms with Gasteiger partial charge in [-0.25, -0.2) is 9.59 Å². The Morgan fingerprint density at radius 3 is 2.38 bits per heavy atom. The van der Waals surface area contributed by atoms with E-state index < -0.39 is 48.7 Å². The number of esters is 1. The van der Waals surface area contributed by atoms with E-state index in [2.05, 4.69) is 0 Å². The van der Waals surface area contributed by atoms with E-state index in [1.165, 1.54) is 18.2 Å². The van der Waals surface area contributed by atoms with E-state index in [0.717, 1.165) is 6.08 Å². The van der Waals surface area contributed by atoms with Crippen molar-refractivity contribution >= 4 is 18.0 Å². The molecule has 24 heavy (non-hydrogen) atoms. The van der Waals surface area contributed by atoms with E-state index in [0.29, 0.717) is 5.56 Å². The number of carbonyl (C=O) groups excluding carboxylic acids is 1. The Kier molecular flexibility index (Phi) is 5.23. The monoisotopic (exact) mass is 338 g/mol. The number of aliphatic hydroxyl groups excluding tert-OH is 2. The first-order chi connectivity index (χ1) is 11.2. The number of hydrogen-bond acceptors (Lipinski definition) is 7. The van der Waals surface area contributed by atoms with Crippen LogP contribution in [0, 0.1) is 0 Å². The molecule has 1 aromatic carbocycles.